The number of rotatable bonds is 5. The van der Waals surface area contributed by atoms with Crippen molar-refractivity contribution < 1.29 is 4.79 Å². The third-order valence-corrected chi connectivity index (χ3v) is 4.06. The highest BCUT2D eigenvalue weighted by molar-refractivity contribution is 5.79. The number of nitrogens with one attached hydrogen (secondary N) is 1. The van der Waals surface area contributed by atoms with Gasteiger partial charge in [-0.3, -0.25) is 4.79 Å². The summed E-state index contributed by atoms with van der Waals surface area (Å²) >= 11 is 0. The van der Waals surface area contributed by atoms with Crippen molar-refractivity contribution in [1.82, 2.24) is 5.32 Å². The SMILES string of the molecule is Cc1ccc(C(NC(=O)Cc2ccccc2)c2ccccc2)cc1. The van der Waals surface area contributed by atoms with Gasteiger partial charge in [-0.25, -0.2) is 0 Å². The first-order valence-electron chi connectivity index (χ1n) is 8.17. The van der Waals surface area contributed by atoms with E-state index in [0.717, 1.165) is 16.7 Å². The molecule has 2 heteroatoms. The molecule has 1 unspecified atom stereocenters. The number of aryl methyl sites for hydroxylation is 1. The number of benzene rings is 3. The van der Waals surface area contributed by atoms with Gasteiger partial charge in [0.15, 0.2) is 0 Å². The molecule has 0 heterocycles. The Morgan fingerprint density at radius 2 is 1.33 bits per heavy atom. The van der Waals surface area contributed by atoms with Crippen LogP contribution in [0.2, 0.25) is 0 Å². The van der Waals surface area contributed by atoms with Crippen LogP contribution >= 0.6 is 0 Å². The van der Waals surface area contributed by atoms with Gasteiger partial charge in [0, 0.05) is 0 Å². The lowest BCUT2D eigenvalue weighted by atomic mass is 9.97. The third-order valence-electron chi connectivity index (χ3n) is 4.06. The fraction of sp³-hybridized carbons (Fsp3) is 0.136. The second kappa shape index (κ2) is 7.60. The van der Waals surface area contributed by atoms with Crippen LogP contribution in [0.1, 0.15) is 28.3 Å². The maximum atomic E-state index is 12.5. The Hall–Kier alpha value is -2.87. The quantitative estimate of drug-likeness (QED) is 0.741. The van der Waals surface area contributed by atoms with Crippen molar-refractivity contribution in [3.05, 3.63) is 107 Å². The van der Waals surface area contributed by atoms with Gasteiger partial charge in [0.05, 0.1) is 12.5 Å². The molecule has 3 rings (SSSR count). The van der Waals surface area contributed by atoms with E-state index >= 15 is 0 Å². The molecular weight excluding hydrogens is 294 g/mol. The van der Waals surface area contributed by atoms with E-state index < -0.39 is 0 Å². The Morgan fingerprint density at radius 1 is 0.792 bits per heavy atom. The van der Waals surface area contributed by atoms with Crippen LogP contribution in [0, 0.1) is 6.92 Å². The number of carbonyl (C=O) groups excluding carboxylic acids is 1. The van der Waals surface area contributed by atoms with Crippen LogP contribution in [0.15, 0.2) is 84.9 Å². The highest BCUT2D eigenvalue weighted by Gasteiger charge is 2.16. The Kier molecular flexibility index (Phi) is 5.07. The van der Waals surface area contributed by atoms with Crippen LogP contribution in [-0.2, 0) is 11.2 Å². The molecule has 0 saturated carbocycles. The molecule has 0 aliphatic rings. The first-order valence-corrected chi connectivity index (χ1v) is 8.17. The highest BCUT2D eigenvalue weighted by Crippen LogP contribution is 2.22. The van der Waals surface area contributed by atoms with Gasteiger partial charge in [-0.2, -0.15) is 0 Å². The molecule has 0 spiro atoms. The molecule has 0 aliphatic heterocycles. The molecule has 0 radical (unpaired) electrons. The lowest BCUT2D eigenvalue weighted by Crippen LogP contribution is -2.30. The van der Waals surface area contributed by atoms with Crippen LogP contribution in [0.25, 0.3) is 0 Å². The maximum Gasteiger partial charge on any atom is 0.225 e. The number of carbonyl (C=O) groups is 1. The molecule has 2 nitrogen and oxygen atoms in total. The molecule has 0 aliphatic carbocycles. The Balaban J connectivity index is 1.82. The van der Waals surface area contributed by atoms with E-state index in [-0.39, 0.29) is 11.9 Å². The van der Waals surface area contributed by atoms with E-state index in [1.54, 1.807) is 0 Å². The number of amides is 1. The van der Waals surface area contributed by atoms with E-state index in [0.29, 0.717) is 6.42 Å². The molecule has 1 N–H and O–H groups in total. The predicted molar refractivity (Wildman–Crippen MR) is 97.8 cm³/mol. The summed E-state index contributed by atoms with van der Waals surface area (Å²) in [4.78, 5) is 12.5. The van der Waals surface area contributed by atoms with Gasteiger partial charge in [-0.15, -0.1) is 0 Å². The lowest BCUT2D eigenvalue weighted by Gasteiger charge is -2.20. The van der Waals surface area contributed by atoms with E-state index in [1.165, 1.54) is 5.56 Å². The van der Waals surface area contributed by atoms with Crippen molar-refractivity contribution in [3.8, 4) is 0 Å². The zero-order chi connectivity index (χ0) is 16.8. The molecule has 0 bridgehead atoms. The normalized spacial score (nSPS) is 11.7. The van der Waals surface area contributed by atoms with Crippen LogP contribution in [0.5, 0.6) is 0 Å². The summed E-state index contributed by atoms with van der Waals surface area (Å²) in [6.45, 7) is 2.06. The van der Waals surface area contributed by atoms with E-state index in [1.807, 2.05) is 60.7 Å². The Bertz CT molecular complexity index is 779. The fourth-order valence-electron chi connectivity index (χ4n) is 2.76. The van der Waals surface area contributed by atoms with Crippen molar-refractivity contribution in [2.45, 2.75) is 19.4 Å². The summed E-state index contributed by atoms with van der Waals surface area (Å²) in [5.41, 5.74) is 4.41. The largest absolute Gasteiger partial charge is 0.345 e. The average Bonchev–Trinajstić information content (AvgIpc) is 2.62. The van der Waals surface area contributed by atoms with Gasteiger partial charge in [-0.05, 0) is 23.6 Å². The minimum absolute atomic E-state index is 0.0237. The average molecular weight is 315 g/mol. The maximum absolute atomic E-state index is 12.5. The summed E-state index contributed by atoms with van der Waals surface area (Å²) in [6, 6.07) is 28.1. The smallest absolute Gasteiger partial charge is 0.225 e. The monoisotopic (exact) mass is 315 g/mol. The number of hydrogen-bond acceptors (Lipinski definition) is 1. The van der Waals surface area contributed by atoms with Crippen molar-refractivity contribution in [2.24, 2.45) is 0 Å². The zero-order valence-corrected chi connectivity index (χ0v) is 13.8. The summed E-state index contributed by atoms with van der Waals surface area (Å²) in [7, 11) is 0. The first-order chi connectivity index (χ1) is 11.7. The van der Waals surface area contributed by atoms with E-state index in [2.05, 4.69) is 36.5 Å². The molecule has 3 aromatic rings. The molecule has 0 aromatic heterocycles. The molecule has 1 amide bonds. The molecule has 0 fully saturated rings. The second-order valence-corrected chi connectivity index (χ2v) is 5.98. The molecule has 120 valence electrons. The summed E-state index contributed by atoms with van der Waals surface area (Å²) in [6.07, 6.45) is 0.385. The van der Waals surface area contributed by atoms with Gasteiger partial charge in [0.25, 0.3) is 0 Å². The predicted octanol–water partition coefficient (Wildman–Crippen LogP) is 4.44. The van der Waals surface area contributed by atoms with Crippen LogP contribution < -0.4 is 5.32 Å². The van der Waals surface area contributed by atoms with Gasteiger partial charge >= 0.3 is 0 Å². The molecule has 3 aromatic carbocycles. The topological polar surface area (TPSA) is 29.1 Å². The lowest BCUT2D eigenvalue weighted by molar-refractivity contribution is -0.120. The summed E-state index contributed by atoms with van der Waals surface area (Å²) in [5.74, 6) is 0.0237. The Labute approximate surface area is 143 Å². The highest BCUT2D eigenvalue weighted by atomic mass is 16.1. The number of hydrogen-bond donors (Lipinski definition) is 1. The second-order valence-electron chi connectivity index (χ2n) is 5.98. The summed E-state index contributed by atoms with van der Waals surface area (Å²) in [5, 5.41) is 3.18. The minimum Gasteiger partial charge on any atom is -0.345 e. The van der Waals surface area contributed by atoms with Crippen molar-refractivity contribution in [2.75, 3.05) is 0 Å². The molecule has 0 saturated heterocycles. The van der Waals surface area contributed by atoms with Crippen molar-refractivity contribution >= 4 is 5.91 Å². The van der Waals surface area contributed by atoms with Crippen LogP contribution in [0.4, 0.5) is 0 Å². The van der Waals surface area contributed by atoms with Gasteiger partial charge in [0.2, 0.25) is 5.91 Å². The standard InChI is InChI=1S/C22H21NO/c1-17-12-14-20(15-13-17)22(19-10-6-3-7-11-19)23-21(24)16-18-8-4-2-5-9-18/h2-15,22H,16H2,1H3,(H,23,24). The molecule has 24 heavy (non-hydrogen) atoms. The van der Waals surface area contributed by atoms with Crippen LogP contribution in [-0.4, -0.2) is 5.91 Å². The first kappa shape index (κ1) is 16.0. The third kappa shape index (κ3) is 4.11. The van der Waals surface area contributed by atoms with Crippen molar-refractivity contribution in [1.29, 1.82) is 0 Å². The van der Waals surface area contributed by atoms with Gasteiger partial charge in [-0.1, -0.05) is 90.5 Å². The fourth-order valence-corrected chi connectivity index (χ4v) is 2.76. The Morgan fingerprint density at radius 3 is 1.96 bits per heavy atom. The molecule has 1 atom stereocenters. The van der Waals surface area contributed by atoms with Crippen molar-refractivity contribution in [3.63, 3.8) is 0 Å². The minimum atomic E-state index is -0.136. The molecular formula is C22H21NO. The van der Waals surface area contributed by atoms with Crippen LogP contribution in [0.3, 0.4) is 0 Å². The summed E-state index contributed by atoms with van der Waals surface area (Å²) < 4.78 is 0. The zero-order valence-electron chi connectivity index (χ0n) is 13.8. The van der Waals surface area contributed by atoms with E-state index in [4.69, 9.17) is 0 Å². The van der Waals surface area contributed by atoms with Gasteiger partial charge in [0.1, 0.15) is 0 Å². The van der Waals surface area contributed by atoms with E-state index in [9.17, 15) is 4.79 Å². The van der Waals surface area contributed by atoms with Gasteiger partial charge < -0.3 is 5.32 Å².